The van der Waals surface area contributed by atoms with Crippen molar-refractivity contribution in [1.82, 2.24) is 0 Å². The highest BCUT2D eigenvalue weighted by Crippen LogP contribution is 2.04. The highest BCUT2D eigenvalue weighted by atomic mass is 16.4. The van der Waals surface area contributed by atoms with Gasteiger partial charge in [0.05, 0.1) is 0 Å². The minimum atomic E-state index is -0.695. The Balaban J connectivity index is 3.24. The summed E-state index contributed by atoms with van der Waals surface area (Å²) in [6.07, 6.45) is 1.25. The molecule has 0 saturated heterocycles. The van der Waals surface area contributed by atoms with E-state index >= 15 is 0 Å². The molecule has 0 unspecified atom stereocenters. The molecular weight excluding hydrogens is 104 g/mol. The molecule has 1 N–H and O–H groups in total. The van der Waals surface area contributed by atoms with Gasteiger partial charge in [-0.15, -0.1) is 0 Å². The van der Waals surface area contributed by atoms with Gasteiger partial charge in [0.2, 0.25) is 0 Å². The van der Waals surface area contributed by atoms with Crippen LogP contribution in [0.25, 0.3) is 0 Å². The molecule has 0 heterocycles. The van der Waals surface area contributed by atoms with Gasteiger partial charge in [0.15, 0.2) is 0 Å². The third kappa shape index (κ3) is 3.65. The van der Waals surface area contributed by atoms with Crippen molar-refractivity contribution in [2.75, 3.05) is 0 Å². The first kappa shape index (κ1) is 7.47. The lowest BCUT2D eigenvalue weighted by Crippen LogP contribution is -2.02. The first-order chi connectivity index (χ1) is 3.66. The van der Waals surface area contributed by atoms with E-state index in [1.54, 1.807) is 0 Å². The fraction of sp³-hybridized carbons (Fsp3) is 0.833. The van der Waals surface area contributed by atoms with E-state index in [-0.39, 0.29) is 0 Å². The van der Waals surface area contributed by atoms with Gasteiger partial charge in [0, 0.05) is 6.42 Å². The lowest BCUT2D eigenvalue weighted by atomic mass is 10.1. The molecule has 0 aliphatic carbocycles. The van der Waals surface area contributed by atoms with Crippen LogP contribution in [0.15, 0.2) is 0 Å². The third-order valence-electron chi connectivity index (χ3n) is 1.22. The van der Waals surface area contributed by atoms with Crippen LogP contribution >= 0.6 is 0 Å². The molecular formula is C6H12O2. The summed E-state index contributed by atoms with van der Waals surface area (Å²) in [7, 11) is 0. The van der Waals surface area contributed by atoms with Crippen LogP contribution < -0.4 is 0 Å². The van der Waals surface area contributed by atoms with Crippen molar-refractivity contribution in [3.05, 3.63) is 0 Å². The van der Waals surface area contributed by atoms with Gasteiger partial charge >= 0.3 is 5.97 Å². The Labute approximate surface area is 49.5 Å². The molecule has 0 bridgehead atoms. The van der Waals surface area contributed by atoms with Crippen LogP contribution in [0.2, 0.25) is 0 Å². The molecule has 0 aromatic rings. The first-order valence-electron chi connectivity index (χ1n) is 2.88. The Morgan fingerprint density at radius 3 is 2.38 bits per heavy atom. The van der Waals surface area contributed by atoms with Gasteiger partial charge in [-0.05, 0) is 5.92 Å². The summed E-state index contributed by atoms with van der Waals surface area (Å²) in [5.74, 6) is -0.369. The lowest BCUT2D eigenvalue weighted by molar-refractivity contribution is -0.137. The standard InChI is InChI=1S/C6H12O2/c1-3-5(2)4-6(7)8/h5H,3-4H2,1-2H3,(H,7,8)/t5-/m1/s1. The second-order valence-corrected chi connectivity index (χ2v) is 2.11. The summed E-state index contributed by atoms with van der Waals surface area (Å²) in [4.78, 5) is 9.97. The number of carbonyl (C=O) groups is 1. The number of carboxylic acids is 1. The van der Waals surface area contributed by atoms with Gasteiger partial charge in [0.25, 0.3) is 0 Å². The Morgan fingerprint density at radius 2 is 2.25 bits per heavy atom. The first-order valence-corrected chi connectivity index (χ1v) is 2.88. The molecule has 0 aliphatic heterocycles. The van der Waals surface area contributed by atoms with Crippen molar-refractivity contribution in [3.8, 4) is 0 Å². The van der Waals surface area contributed by atoms with Gasteiger partial charge in [-0.2, -0.15) is 0 Å². The Morgan fingerprint density at radius 1 is 1.75 bits per heavy atom. The zero-order valence-corrected chi connectivity index (χ0v) is 5.35. The third-order valence-corrected chi connectivity index (χ3v) is 1.22. The molecule has 0 saturated carbocycles. The Hall–Kier alpha value is -0.530. The number of hydrogen-bond donors (Lipinski definition) is 1. The number of aliphatic carboxylic acids is 1. The van der Waals surface area contributed by atoms with E-state index in [1.807, 2.05) is 13.8 Å². The molecule has 2 nitrogen and oxygen atoms in total. The Kier molecular flexibility index (Phi) is 3.24. The van der Waals surface area contributed by atoms with Crippen molar-refractivity contribution in [1.29, 1.82) is 0 Å². The van der Waals surface area contributed by atoms with Gasteiger partial charge in [-0.3, -0.25) is 4.79 Å². The van der Waals surface area contributed by atoms with Gasteiger partial charge < -0.3 is 5.11 Å². The summed E-state index contributed by atoms with van der Waals surface area (Å²) in [5, 5.41) is 8.22. The van der Waals surface area contributed by atoms with Gasteiger partial charge in [0.1, 0.15) is 0 Å². The summed E-state index contributed by atoms with van der Waals surface area (Å²) in [6, 6.07) is 0. The highest BCUT2D eigenvalue weighted by Gasteiger charge is 2.02. The minimum absolute atomic E-state index is 0.302. The summed E-state index contributed by atoms with van der Waals surface area (Å²) in [6.45, 7) is 3.93. The van der Waals surface area contributed by atoms with Crippen molar-refractivity contribution in [2.24, 2.45) is 5.92 Å². The fourth-order valence-corrected chi connectivity index (χ4v) is 0.442. The molecule has 0 aromatic heterocycles. The summed E-state index contributed by atoms with van der Waals surface area (Å²) in [5.41, 5.74) is 0. The van der Waals surface area contributed by atoms with Crippen LogP contribution in [-0.4, -0.2) is 11.1 Å². The topological polar surface area (TPSA) is 37.3 Å². The van der Waals surface area contributed by atoms with E-state index in [9.17, 15) is 4.79 Å². The molecule has 2 heteroatoms. The molecule has 0 rings (SSSR count). The summed E-state index contributed by atoms with van der Waals surface area (Å²) < 4.78 is 0. The van der Waals surface area contributed by atoms with Crippen LogP contribution in [0.1, 0.15) is 26.7 Å². The number of hydrogen-bond acceptors (Lipinski definition) is 1. The fourth-order valence-electron chi connectivity index (χ4n) is 0.442. The molecule has 0 spiro atoms. The van der Waals surface area contributed by atoms with Crippen LogP contribution in [0, 0.1) is 5.92 Å². The predicted molar refractivity (Wildman–Crippen MR) is 31.7 cm³/mol. The average molecular weight is 116 g/mol. The van der Waals surface area contributed by atoms with Gasteiger partial charge in [-0.25, -0.2) is 0 Å². The number of carboxylic acid groups (broad SMARTS) is 1. The molecule has 0 radical (unpaired) electrons. The Bertz CT molecular complexity index is 78.6. The predicted octanol–water partition coefficient (Wildman–Crippen LogP) is 1.51. The van der Waals surface area contributed by atoms with Crippen LogP contribution in [-0.2, 0) is 4.79 Å². The average Bonchev–Trinajstić information content (AvgIpc) is 1.65. The molecule has 0 aromatic carbocycles. The zero-order valence-electron chi connectivity index (χ0n) is 5.35. The SMILES string of the molecule is CC[C@@H](C)CC(=O)O. The van der Waals surface area contributed by atoms with Crippen LogP contribution in [0.4, 0.5) is 0 Å². The van der Waals surface area contributed by atoms with E-state index in [2.05, 4.69) is 0 Å². The minimum Gasteiger partial charge on any atom is -0.481 e. The highest BCUT2D eigenvalue weighted by molar-refractivity contribution is 5.66. The molecule has 48 valence electrons. The molecule has 0 aliphatic rings. The molecule has 0 fully saturated rings. The maximum Gasteiger partial charge on any atom is 0.303 e. The maximum absolute atomic E-state index is 9.97. The lowest BCUT2D eigenvalue weighted by Gasteiger charge is -2.00. The zero-order chi connectivity index (χ0) is 6.57. The van der Waals surface area contributed by atoms with E-state index < -0.39 is 5.97 Å². The monoisotopic (exact) mass is 116 g/mol. The second kappa shape index (κ2) is 3.47. The van der Waals surface area contributed by atoms with Crippen molar-refractivity contribution in [2.45, 2.75) is 26.7 Å². The quantitative estimate of drug-likeness (QED) is 0.606. The second-order valence-electron chi connectivity index (χ2n) is 2.11. The van der Waals surface area contributed by atoms with Crippen LogP contribution in [0.5, 0.6) is 0 Å². The smallest absolute Gasteiger partial charge is 0.303 e. The molecule has 0 amide bonds. The van der Waals surface area contributed by atoms with Gasteiger partial charge in [-0.1, -0.05) is 20.3 Å². The normalized spacial score (nSPS) is 13.2. The van der Waals surface area contributed by atoms with E-state index in [1.165, 1.54) is 0 Å². The largest absolute Gasteiger partial charge is 0.481 e. The van der Waals surface area contributed by atoms with Crippen molar-refractivity contribution < 1.29 is 9.90 Å². The van der Waals surface area contributed by atoms with E-state index in [0.29, 0.717) is 12.3 Å². The van der Waals surface area contributed by atoms with E-state index in [0.717, 1.165) is 6.42 Å². The van der Waals surface area contributed by atoms with Crippen LogP contribution in [0.3, 0.4) is 0 Å². The van der Waals surface area contributed by atoms with Crippen molar-refractivity contribution >= 4 is 5.97 Å². The molecule has 1 atom stereocenters. The summed E-state index contributed by atoms with van der Waals surface area (Å²) >= 11 is 0. The van der Waals surface area contributed by atoms with Crippen molar-refractivity contribution in [3.63, 3.8) is 0 Å². The van der Waals surface area contributed by atoms with E-state index in [4.69, 9.17) is 5.11 Å². The maximum atomic E-state index is 9.97. The number of rotatable bonds is 3. The molecule has 8 heavy (non-hydrogen) atoms.